The first-order chi connectivity index (χ1) is 3.94. The van der Waals surface area contributed by atoms with E-state index in [1.165, 1.54) is 6.26 Å². The van der Waals surface area contributed by atoms with Crippen molar-refractivity contribution in [1.29, 1.82) is 0 Å². The van der Waals surface area contributed by atoms with E-state index in [1.807, 2.05) is 13.8 Å². The highest BCUT2D eigenvalue weighted by atomic mass is 32.2. The first kappa shape index (κ1) is 16.5. The summed E-state index contributed by atoms with van der Waals surface area (Å²) in [6.45, 7) is 7.32. The molecular formula is C7H20O2S. The topological polar surface area (TPSA) is 34.1 Å². The van der Waals surface area contributed by atoms with E-state index in [4.69, 9.17) is 0 Å². The molecule has 0 aromatic heterocycles. The van der Waals surface area contributed by atoms with E-state index in [0.29, 0.717) is 0 Å². The zero-order valence-corrected chi connectivity index (χ0v) is 7.62. The standard InChI is InChI=1S/C4H10O2S.C2H6.CH4/c1-4(2)7(3,5)6;1-2;/h4H,1-3H3;1-2H3;1H4. The first-order valence-electron chi connectivity index (χ1n) is 3.13. The van der Waals surface area contributed by atoms with Gasteiger partial charge in [0.05, 0.1) is 5.25 Å². The van der Waals surface area contributed by atoms with Gasteiger partial charge in [0.25, 0.3) is 0 Å². The van der Waals surface area contributed by atoms with Gasteiger partial charge in [-0.3, -0.25) is 0 Å². The summed E-state index contributed by atoms with van der Waals surface area (Å²) < 4.78 is 20.7. The molecule has 0 atom stereocenters. The van der Waals surface area contributed by atoms with Crippen LogP contribution in [0.5, 0.6) is 0 Å². The van der Waals surface area contributed by atoms with Crippen molar-refractivity contribution in [2.45, 2.75) is 40.4 Å². The fourth-order valence-corrected chi connectivity index (χ4v) is 0. The van der Waals surface area contributed by atoms with Crippen LogP contribution in [0.1, 0.15) is 35.1 Å². The summed E-state index contributed by atoms with van der Waals surface area (Å²) in [5.74, 6) is 0. The molecule has 0 N–H and O–H groups in total. The number of sulfone groups is 1. The molecule has 66 valence electrons. The lowest BCUT2D eigenvalue weighted by Crippen LogP contribution is -2.10. The minimum atomic E-state index is -2.74. The third-order valence-electron chi connectivity index (χ3n) is 0.856. The maximum atomic E-state index is 10.3. The van der Waals surface area contributed by atoms with E-state index >= 15 is 0 Å². The lowest BCUT2D eigenvalue weighted by atomic mass is 10.6. The third kappa shape index (κ3) is 10.8. The highest BCUT2D eigenvalue weighted by Crippen LogP contribution is 1.92. The molecule has 0 aliphatic rings. The Morgan fingerprint density at radius 1 is 1.10 bits per heavy atom. The Morgan fingerprint density at radius 2 is 1.20 bits per heavy atom. The molecule has 0 spiro atoms. The normalized spacial score (nSPS) is 9.40. The van der Waals surface area contributed by atoms with E-state index in [2.05, 4.69) is 0 Å². The van der Waals surface area contributed by atoms with Crippen molar-refractivity contribution in [3.8, 4) is 0 Å². The monoisotopic (exact) mass is 168 g/mol. The summed E-state index contributed by atoms with van der Waals surface area (Å²) in [7, 11) is -2.74. The molecule has 0 bridgehead atoms. The van der Waals surface area contributed by atoms with Gasteiger partial charge in [0.1, 0.15) is 9.84 Å². The molecule has 10 heavy (non-hydrogen) atoms. The second kappa shape index (κ2) is 7.06. The highest BCUT2D eigenvalue weighted by Gasteiger charge is 2.05. The lowest BCUT2D eigenvalue weighted by molar-refractivity contribution is 0.593. The van der Waals surface area contributed by atoms with Gasteiger partial charge < -0.3 is 0 Å². The van der Waals surface area contributed by atoms with E-state index in [9.17, 15) is 8.42 Å². The second-order valence-electron chi connectivity index (χ2n) is 1.88. The molecule has 0 aliphatic heterocycles. The molecule has 0 rings (SSSR count). The molecule has 0 saturated carbocycles. The molecule has 0 amide bonds. The summed E-state index contributed by atoms with van der Waals surface area (Å²) in [4.78, 5) is 0. The molecule has 0 aromatic rings. The minimum Gasteiger partial charge on any atom is -0.229 e. The fraction of sp³-hybridized carbons (Fsp3) is 1.00. The van der Waals surface area contributed by atoms with Crippen molar-refractivity contribution in [2.24, 2.45) is 0 Å². The lowest BCUT2D eigenvalue weighted by Gasteiger charge is -1.96. The van der Waals surface area contributed by atoms with Gasteiger partial charge in [-0.25, -0.2) is 8.42 Å². The van der Waals surface area contributed by atoms with Crippen LogP contribution in [-0.2, 0) is 9.84 Å². The van der Waals surface area contributed by atoms with Crippen LogP contribution < -0.4 is 0 Å². The summed E-state index contributed by atoms with van der Waals surface area (Å²) in [5, 5.41) is -0.229. The van der Waals surface area contributed by atoms with Crippen molar-refractivity contribution in [3.05, 3.63) is 0 Å². The van der Waals surface area contributed by atoms with E-state index in [1.54, 1.807) is 13.8 Å². The highest BCUT2D eigenvalue weighted by molar-refractivity contribution is 7.91. The predicted octanol–water partition coefficient (Wildman–Crippen LogP) is 2.10. The quantitative estimate of drug-likeness (QED) is 0.601. The molecule has 0 saturated heterocycles. The average Bonchev–Trinajstić information content (AvgIpc) is 1.69. The van der Waals surface area contributed by atoms with Crippen LogP contribution in [0.15, 0.2) is 0 Å². The Hall–Kier alpha value is -0.0500. The minimum absolute atomic E-state index is 0. The zero-order valence-electron chi connectivity index (χ0n) is 6.80. The van der Waals surface area contributed by atoms with Crippen molar-refractivity contribution in [3.63, 3.8) is 0 Å². The van der Waals surface area contributed by atoms with Crippen LogP contribution in [-0.4, -0.2) is 19.9 Å². The van der Waals surface area contributed by atoms with Crippen molar-refractivity contribution in [2.75, 3.05) is 6.26 Å². The molecule has 0 aromatic carbocycles. The van der Waals surface area contributed by atoms with Gasteiger partial charge in [0, 0.05) is 6.26 Å². The molecule has 0 fully saturated rings. The maximum Gasteiger partial charge on any atom is 0.149 e. The summed E-state index contributed by atoms with van der Waals surface area (Å²) >= 11 is 0. The number of rotatable bonds is 1. The van der Waals surface area contributed by atoms with Crippen LogP contribution in [0.25, 0.3) is 0 Å². The molecule has 3 heteroatoms. The SMILES string of the molecule is C.CC.CC(C)S(C)(=O)=O. The Labute approximate surface area is 65.6 Å². The molecule has 2 nitrogen and oxygen atoms in total. The van der Waals surface area contributed by atoms with Crippen LogP contribution in [0.2, 0.25) is 0 Å². The summed E-state index contributed by atoms with van der Waals surface area (Å²) in [6.07, 6.45) is 1.23. The zero-order chi connectivity index (χ0) is 8.08. The number of hydrogen-bond acceptors (Lipinski definition) is 2. The van der Waals surface area contributed by atoms with Gasteiger partial charge in [0.15, 0.2) is 0 Å². The predicted molar refractivity (Wildman–Crippen MR) is 48.1 cm³/mol. The molecule has 0 aliphatic carbocycles. The van der Waals surface area contributed by atoms with E-state index in [0.717, 1.165) is 0 Å². The largest absolute Gasteiger partial charge is 0.229 e. The van der Waals surface area contributed by atoms with Gasteiger partial charge in [0.2, 0.25) is 0 Å². The molecule has 0 radical (unpaired) electrons. The van der Waals surface area contributed by atoms with Gasteiger partial charge >= 0.3 is 0 Å². The molecule has 0 heterocycles. The second-order valence-corrected chi connectivity index (χ2v) is 4.48. The van der Waals surface area contributed by atoms with E-state index in [-0.39, 0.29) is 12.7 Å². The summed E-state index contributed by atoms with van der Waals surface area (Å²) in [6, 6.07) is 0. The Morgan fingerprint density at radius 3 is 1.20 bits per heavy atom. The Balaban J connectivity index is -0.000000149. The first-order valence-corrected chi connectivity index (χ1v) is 5.09. The van der Waals surface area contributed by atoms with Crippen LogP contribution in [0.3, 0.4) is 0 Å². The number of hydrogen-bond donors (Lipinski definition) is 0. The van der Waals surface area contributed by atoms with E-state index < -0.39 is 9.84 Å². The van der Waals surface area contributed by atoms with Crippen molar-refractivity contribution < 1.29 is 8.42 Å². The van der Waals surface area contributed by atoms with Crippen molar-refractivity contribution in [1.82, 2.24) is 0 Å². The Bertz CT molecular complexity index is 134. The van der Waals surface area contributed by atoms with Crippen LogP contribution in [0.4, 0.5) is 0 Å². The van der Waals surface area contributed by atoms with Gasteiger partial charge in [-0.15, -0.1) is 0 Å². The van der Waals surface area contributed by atoms with Gasteiger partial charge in [-0.05, 0) is 13.8 Å². The van der Waals surface area contributed by atoms with Crippen molar-refractivity contribution >= 4 is 9.84 Å². The average molecular weight is 168 g/mol. The molecule has 0 unspecified atom stereocenters. The maximum absolute atomic E-state index is 10.3. The van der Waals surface area contributed by atoms with Gasteiger partial charge in [-0.1, -0.05) is 21.3 Å². The van der Waals surface area contributed by atoms with Gasteiger partial charge in [-0.2, -0.15) is 0 Å². The Kier molecular flexibility index (Phi) is 11.7. The fourth-order valence-electron chi connectivity index (χ4n) is 0. The van der Waals surface area contributed by atoms with Crippen LogP contribution in [0, 0.1) is 0 Å². The summed E-state index contributed by atoms with van der Waals surface area (Å²) in [5.41, 5.74) is 0. The third-order valence-corrected chi connectivity index (χ3v) is 2.57. The van der Waals surface area contributed by atoms with Crippen LogP contribution >= 0.6 is 0 Å². The smallest absolute Gasteiger partial charge is 0.149 e. The molecular weight excluding hydrogens is 148 g/mol.